The summed E-state index contributed by atoms with van der Waals surface area (Å²) in [5.41, 5.74) is 0. The molecule has 1 atom stereocenters. The van der Waals surface area contributed by atoms with Gasteiger partial charge in [-0.25, -0.2) is 0 Å². The Morgan fingerprint density at radius 3 is 2.89 bits per heavy atom. The zero-order valence-electron chi connectivity index (χ0n) is 9.48. The van der Waals surface area contributed by atoms with Crippen LogP contribution in [0.25, 0.3) is 0 Å². The number of hydrogen-bond donors (Lipinski definition) is 1. The molecule has 2 nitrogen and oxygen atoms in total. The monoisotopic (exact) mass is 346 g/mol. The molecule has 0 amide bonds. The number of thiophene rings is 1. The van der Waals surface area contributed by atoms with Gasteiger partial charge in [-0.15, -0.1) is 11.3 Å². The molecule has 18 heavy (non-hydrogen) atoms. The SMILES string of the molecule is OC(COc1cccc(Cl)c1)Cc1sccc1Br. The molecule has 1 N–H and O–H groups in total. The molecule has 1 unspecified atom stereocenters. The number of aliphatic hydroxyl groups is 1. The Bertz CT molecular complexity index is 515. The first-order chi connectivity index (χ1) is 8.65. The number of ether oxygens (including phenoxy) is 1. The number of rotatable bonds is 5. The Kier molecular flexibility index (Phi) is 5.06. The van der Waals surface area contributed by atoms with Crippen LogP contribution in [0, 0.1) is 0 Å². The second kappa shape index (κ2) is 6.57. The maximum Gasteiger partial charge on any atom is 0.120 e. The molecule has 96 valence electrons. The average Bonchev–Trinajstić information content (AvgIpc) is 2.73. The van der Waals surface area contributed by atoms with Crippen molar-refractivity contribution in [1.29, 1.82) is 0 Å². The van der Waals surface area contributed by atoms with Crippen LogP contribution >= 0.6 is 38.9 Å². The third kappa shape index (κ3) is 3.99. The van der Waals surface area contributed by atoms with Crippen LogP contribution in [0.2, 0.25) is 5.02 Å². The van der Waals surface area contributed by atoms with Gasteiger partial charge in [-0.3, -0.25) is 0 Å². The fourth-order valence-corrected chi connectivity index (χ4v) is 3.26. The highest BCUT2D eigenvalue weighted by Gasteiger charge is 2.10. The summed E-state index contributed by atoms with van der Waals surface area (Å²) in [6.07, 6.45) is 0.0534. The molecule has 0 spiro atoms. The molecular weight excluding hydrogens is 336 g/mol. The standard InChI is InChI=1S/C13H12BrClO2S/c14-12-4-5-18-13(12)7-10(16)8-17-11-3-1-2-9(15)6-11/h1-6,10,16H,7-8H2. The van der Waals surface area contributed by atoms with Crippen molar-refractivity contribution in [3.8, 4) is 5.75 Å². The first kappa shape index (κ1) is 13.9. The van der Waals surface area contributed by atoms with Crippen LogP contribution < -0.4 is 4.74 Å². The van der Waals surface area contributed by atoms with Gasteiger partial charge in [0.15, 0.2) is 0 Å². The summed E-state index contributed by atoms with van der Waals surface area (Å²) < 4.78 is 6.53. The topological polar surface area (TPSA) is 29.5 Å². The fraction of sp³-hybridized carbons (Fsp3) is 0.231. The van der Waals surface area contributed by atoms with Crippen LogP contribution in [0.5, 0.6) is 5.75 Å². The first-order valence-corrected chi connectivity index (χ1v) is 7.48. The molecule has 0 saturated carbocycles. The van der Waals surface area contributed by atoms with Gasteiger partial charge in [0.1, 0.15) is 12.4 Å². The second-order valence-electron chi connectivity index (χ2n) is 3.82. The maximum absolute atomic E-state index is 9.90. The summed E-state index contributed by atoms with van der Waals surface area (Å²) in [4.78, 5) is 1.12. The molecule has 0 aliphatic carbocycles. The largest absolute Gasteiger partial charge is 0.491 e. The van der Waals surface area contributed by atoms with E-state index >= 15 is 0 Å². The fourth-order valence-electron chi connectivity index (χ4n) is 1.49. The zero-order chi connectivity index (χ0) is 13.0. The summed E-state index contributed by atoms with van der Waals surface area (Å²) in [5, 5.41) is 12.5. The number of aliphatic hydroxyl groups excluding tert-OH is 1. The van der Waals surface area contributed by atoms with Gasteiger partial charge in [0.05, 0.1) is 6.10 Å². The van der Waals surface area contributed by atoms with Crippen molar-refractivity contribution in [3.63, 3.8) is 0 Å². The minimum Gasteiger partial charge on any atom is -0.491 e. The van der Waals surface area contributed by atoms with Gasteiger partial charge in [0.2, 0.25) is 0 Å². The second-order valence-corrected chi connectivity index (χ2v) is 6.11. The smallest absolute Gasteiger partial charge is 0.120 e. The Labute approximate surface area is 123 Å². The van der Waals surface area contributed by atoms with E-state index in [1.54, 1.807) is 23.5 Å². The van der Waals surface area contributed by atoms with Crippen LogP contribution in [0.1, 0.15) is 4.88 Å². The number of hydrogen-bond acceptors (Lipinski definition) is 3. The lowest BCUT2D eigenvalue weighted by Gasteiger charge is -2.12. The summed E-state index contributed by atoms with van der Waals surface area (Å²) in [7, 11) is 0. The maximum atomic E-state index is 9.90. The quantitative estimate of drug-likeness (QED) is 0.880. The Morgan fingerprint density at radius 2 is 2.22 bits per heavy atom. The minimum absolute atomic E-state index is 0.255. The molecule has 2 aromatic rings. The van der Waals surface area contributed by atoms with Gasteiger partial charge >= 0.3 is 0 Å². The van der Waals surface area contributed by atoms with E-state index in [0.29, 0.717) is 17.2 Å². The third-order valence-electron chi connectivity index (χ3n) is 2.35. The summed E-state index contributed by atoms with van der Waals surface area (Å²) in [6, 6.07) is 9.13. The summed E-state index contributed by atoms with van der Waals surface area (Å²) >= 11 is 10.9. The third-order valence-corrected chi connectivity index (χ3v) is 4.53. The predicted molar refractivity (Wildman–Crippen MR) is 78.7 cm³/mol. The van der Waals surface area contributed by atoms with Crippen molar-refractivity contribution in [2.45, 2.75) is 12.5 Å². The average molecular weight is 348 g/mol. The van der Waals surface area contributed by atoms with Crippen molar-refractivity contribution in [2.24, 2.45) is 0 Å². The van der Waals surface area contributed by atoms with Gasteiger partial charge in [-0.1, -0.05) is 17.7 Å². The van der Waals surface area contributed by atoms with Gasteiger partial charge in [-0.2, -0.15) is 0 Å². The molecular formula is C13H12BrClO2S. The van der Waals surface area contributed by atoms with E-state index in [0.717, 1.165) is 9.35 Å². The Morgan fingerprint density at radius 1 is 1.39 bits per heavy atom. The van der Waals surface area contributed by atoms with Crippen molar-refractivity contribution in [1.82, 2.24) is 0 Å². The molecule has 0 saturated heterocycles. The van der Waals surface area contributed by atoms with E-state index in [-0.39, 0.29) is 6.61 Å². The van der Waals surface area contributed by atoms with Crippen molar-refractivity contribution >= 4 is 38.9 Å². The molecule has 0 bridgehead atoms. The molecule has 0 aliphatic heterocycles. The Balaban J connectivity index is 1.85. The van der Waals surface area contributed by atoms with Gasteiger partial charge < -0.3 is 9.84 Å². The summed E-state index contributed by atoms with van der Waals surface area (Å²) in [5.74, 6) is 0.673. The van der Waals surface area contributed by atoms with E-state index in [1.165, 1.54) is 0 Å². The molecule has 1 aromatic heterocycles. The predicted octanol–water partition coefficient (Wildman–Crippen LogP) is 4.15. The van der Waals surface area contributed by atoms with Crippen LogP contribution in [-0.4, -0.2) is 17.8 Å². The van der Waals surface area contributed by atoms with E-state index < -0.39 is 6.10 Å². The highest BCUT2D eigenvalue weighted by atomic mass is 79.9. The van der Waals surface area contributed by atoms with Crippen LogP contribution in [-0.2, 0) is 6.42 Å². The molecule has 0 radical (unpaired) electrons. The molecule has 2 rings (SSSR count). The lowest BCUT2D eigenvalue weighted by atomic mass is 10.2. The number of benzene rings is 1. The Hall–Kier alpha value is -0.550. The first-order valence-electron chi connectivity index (χ1n) is 5.43. The normalized spacial score (nSPS) is 12.4. The van der Waals surface area contributed by atoms with E-state index in [4.69, 9.17) is 16.3 Å². The molecule has 1 heterocycles. The molecule has 0 fully saturated rings. The lowest BCUT2D eigenvalue weighted by molar-refractivity contribution is 0.108. The van der Waals surface area contributed by atoms with E-state index in [9.17, 15) is 5.11 Å². The summed E-state index contributed by atoms with van der Waals surface area (Å²) in [6.45, 7) is 0.255. The highest BCUT2D eigenvalue weighted by Crippen LogP contribution is 2.24. The van der Waals surface area contributed by atoms with Crippen LogP contribution in [0.3, 0.4) is 0 Å². The molecule has 0 aliphatic rings. The zero-order valence-corrected chi connectivity index (χ0v) is 12.6. The van der Waals surface area contributed by atoms with Gasteiger partial charge in [0, 0.05) is 20.8 Å². The van der Waals surface area contributed by atoms with E-state index in [2.05, 4.69) is 15.9 Å². The molecule has 1 aromatic carbocycles. The van der Waals surface area contributed by atoms with E-state index in [1.807, 2.05) is 23.6 Å². The van der Waals surface area contributed by atoms with Crippen LogP contribution in [0.15, 0.2) is 40.2 Å². The van der Waals surface area contributed by atoms with Crippen molar-refractivity contribution in [2.75, 3.05) is 6.61 Å². The van der Waals surface area contributed by atoms with Crippen molar-refractivity contribution in [3.05, 3.63) is 50.1 Å². The van der Waals surface area contributed by atoms with Gasteiger partial charge in [0.25, 0.3) is 0 Å². The van der Waals surface area contributed by atoms with Gasteiger partial charge in [-0.05, 0) is 45.6 Å². The van der Waals surface area contributed by atoms with Crippen molar-refractivity contribution < 1.29 is 9.84 Å². The lowest BCUT2D eigenvalue weighted by Crippen LogP contribution is -2.19. The number of halogens is 2. The minimum atomic E-state index is -0.529. The highest BCUT2D eigenvalue weighted by molar-refractivity contribution is 9.10. The molecule has 5 heteroatoms. The van der Waals surface area contributed by atoms with Crippen LogP contribution in [0.4, 0.5) is 0 Å².